The van der Waals surface area contributed by atoms with Crippen LogP contribution in [0.15, 0.2) is 0 Å². The highest BCUT2D eigenvalue weighted by Gasteiger charge is 2.32. The zero-order valence-electron chi connectivity index (χ0n) is 8.11. The molecule has 0 saturated heterocycles. The molecule has 1 rings (SSSR count). The van der Waals surface area contributed by atoms with E-state index in [1.807, 2.05) is 0 Å². The van der Waals surface area contributed by atoms with Crippen LogP contribution in [0.1, 0.15) is 39.0 Å². The Hall–Kier alpha value is 0.440. The van der Waals surface area contributed by atoms with Crippen molar-refractivity contribution in [2.45, 2.75) is 43.9 Å². The summed E-state index contributed by atoms with van der Waals surface area (Å²) in [5.74, 6) is 0. The van der Waals surface area contributed by atoms with Crippen molar-refractivity contribution >= 4 is 15.9 Å². The van der Waals surface area contributed by atoms with Crippen molar-refractivity contribution in [1.29, 1.82) is 0 Å². The third-order valence-corrected chi connectivity index (χ3v) is 3.69. The Balaban J connectivity index is 2.21. The maximum atomic E-state index is 5.06. The van der Waals surface area contributed by atoms with E-state index in [-0.39, 0.29) is 0 Å². The number of alkyl halides is 1. The third kappa shape index (κ3) is 3.06. The third-order valence-electron chi connectivity index (χ3n) is 2.90. The summed E-state index contributed by atoms with van der Waals surface area (Å²) in [5, 5.41) is 0. The van der Waals surface area contributed by atoms with Crippen LogP contribution in [0.3, 0.4) is 0 Å². The van der Waals surface area contributed by atoms with Gasteiger partial charge in [0.15, 0.2) is 0 Å². The van der Waals surface area contributed by atoms with Gasteiger partial charge in [-0.2, -0.15) is 0 Å². The highest BCUT2D eigenvalue weighted by molar-refractivity contribution is 9.09. The van der Waals surface area contributed by atoms with Crippen molar-refractivity contribution in [3.8, 4) is 0 Å². The largest absolute Gasteiger partial charge is 0.385 e. The first kappa shape index (κ1) is 10.5. The monoisotopic (exact) mass is 234 g/mol. The second-order valence-electron chi connectivity index (χ2n) is 4.25. The fraction of sp³-hybridized carbons (Fsp3) is 1.00. The smallest absolute Gasteiger partial charge is 0.0462 e. The van der Waals surface area contributed by atoms with Crippen LogP contribution in [0.25, 0.3) is 0 Å². The van der Waals surface area contributed by atoms with Gasteiger partial charge in [-0.15, -0.1) is 0 Å². The fourth-order valence-corrected chi connectivity index (χ4v) is 3.12. The molecule has 0 aromatic rings. The first-order valence-electron chi connectivity index (χ1n) is 4.79. The predicted molar refractivity (Wildman–Crippen MR) is 55.8 cm³/mol. The molecular formula is C10H19BrO. The summed E-state index contributed by atoms with van der Waals surface area (Å²) < 4.78 is 5.06. The average Bonchev–Trinajstić information content (AvgIpc) is 2.32. The number of hydrogen-bond acceptors (Lipinski definition) is 1. The van der Waals surface area contributed by atoms with E-state index in [1.54, 1.807) is 7.11 Å². The van der Waals surface area contributed by atoms with Gasteiger partial charge < -0.3 is 4.74 Å². The molecule has 72 valence electrons. The van der Waals surface area contributed by atoms with Gasteiger partial charge in [0.1, 0.15) is 0 Å². The van der Waals surface area contributed by atoms with Crippen molar-refractivity contribution in [2.75, 3.05) is 13.7 Å². The molecule has 0 spiro atoms. The molecule has 1 aliphatic rings. The summed E-state index contributed by atoms with van der Waals surface area (Å²) in [6, 6.07) is 0. The van der Waals surface area contributed by atoms with Gasteiger partial charge in [-0.25, -0.2) is 0 Å². The highest BCUT2D eigenvalue weighted by Crippen LogP contribution is 2.44. The summed E-state index contributed by atoms with van der Waals surface area (Å²) in [6.45, 7) is 3.33. The molecule has 0 aliphatic heterocycles. The fourth-order valence-electron chi connectivity index (χ4n) is 2.11. The Kier molecular flexibility index (Phi) is 4.04. The van der Waals surface area contributed by atoms with Crippen LogP contribution in [0, 0.1) is 5.41 Å². The summed E-state index contributed by atoms with van der Waals surface area (Å²) in [5.41, 5.74) is 0.590. The van der Waals surface area contributed by atoms with Gasteiger partial charge in [-0.05, 0) is 37.5 Å². The van der Waals surface area contributed by atoms with Crippen LogP contribution in [0.4, 0.5) is 0 Å². The predicted octanol–water partition coefficient (Wildman–Crippen LogP) is 3.37. The number of ether oxygens (including phenoxy) is 1. The highest BCUT2D eigenvalue weighted by atomic mass is 79.9. The average molecular weight is 235 g/mol. The van der Waals surface area contributed by atoms with Crippen LogP contribution in [-0.2, 0) is 4.74 Å². The Bertz CT molecular complexity index is 138. The Labute approximate surface area is 84.0 Å². The zero-order valence-corrected chi connectivity index (χ0v) is 9.69. The Morgan fingerprint density at radius 1 is 1.58 bits per heavy atom. The lowest BCUT2D eigenvalue weighted by atomic mass is 9.84. The van der Waals surface area contributed by atoms with Crippen molar-refractivity contribution < 1.29 is 4.74 Å². The molecule has 0 N–H and O–H groups in total. The van der Waals surface area contributed by atoms with E-state index in [0.29, 0.717) is 5.41 Å². The quantitative estimate of drug-likeness (QED) is 0.536. The number of halogens is 1. The summed E-state index contributed by atoms with van der Waals surface area (Å²) in [6.07, 6.45) is 6.61. The van der Waals surface area contributed by atoms with E-state index < -0.39 is 0 Å². The number of rotatable bonds is 4. The van der Waals surface area contributed by atoms with Crippen molar-refractivity contribution in [3.05, 3.63) is 0 Å². The molecule has 0 aromatic carbocycles. The van der Waals surface area contributed by atoms with E-state index >= 15 is 0 Å². The first-order chi connectivity index (χ1) is 5.66. The molecule has 0 bridgehead atoms. The molecule has 0 radical (unpaired) electrons. The SMILES string of the molecule is COCCCC1(C)CCC(Br)C1. The van der Waals surface area contributed by atoms with Crippen molar-refractivity contribution in [3.63, 3.8) is 0 Å². The van der Waals surface area contributed by atoms with Crippen LogP contribution in [0.5, 0.6) is 0 Å². The molecule has 0 aromatic heterocycles. The van der Waals surface area contributed by atoms with Gasteiger partial charge in [-0.3, -0.25) is 0 Å². The van der Waals surface area contributed by atoms with Gasteiger partial charge in [0.25, 0.3) is 0 Å². The maximum Gasteiger partial charge on any atom is 0.0462 e. The molecule has 2 heteroatoms. The van der Waals surface area contributed by atoms with E-state index in [9.17, 15) is 0 Å². The van der Waals surface area contributed by atoms with E-state index in [2.05, 4.69) is 22.9 Å². The standard InChI is InChI=1S/C10H19BrO/c1-10(5-3-7-12-2)6-4-9(11)8-10/h9H,3-8H2,1-2H3. The van der Waals surface area contributed by atoms with Crippen LogP contribution >= 0.6 is 15.9 Å². The van der Waals surface area contributed by atoms with E-state index in [0.717, 1.165) is 11.4 Å². The molecule has 2 unspecified atom stereocenters. The number of methoxy groups -OCH3 is 1. The van der Waals surface area contributed by atoms with Crippen LogP contribution in [-0.4, -0.2) is 18.5 Å². The molecular weight excluding hydrogens is 216 g/mol. The summed E-state index contributed by atoms with van der Waals surface area (Å²) in [7, 11) is 1.78. The molecule has 0 amide bonds. The van der Waals surface area contributed by atoms with Crippen molar-refractivity contribution in [1.82, 2.24) is 0 Å². The lowest BCUT2D eigenvalue weighted by Gasteiger charge is -2.23. The molecule has 1 aliphatic carbocycles. The molecule has 2 atom stereocenters. The maximum absolute atomic E-state index is 5.06. The van der Waals surface area contributed by atoms with Gasteiger partial charge in [0.2, 0.25) is 0 Å². The minimum Gasteiger partial charge on any atom is -0.385 e. The lowest BCUT2D eigenvalue weighted by molar-refractivity contribution is 0.172. The van der Waals surface area contributed by atoms with Crippen molar-refractivity contribution in [2.24, 2.45) is 5.41 Å². The Morgan fingerprint density at radius 3 is 2.83 bits per heavy atom. The zero-order chi connectivity index (χ0) is 9.03. The molecule has 1 saturated carbocycles. The van der Waals surface area contributed by atoms with E-state index in [4.69, 9.17) is 4.74 Å². The molecule has 0 heterocycles. The van der Waals surface area contributed by atoms with Crippen LogP contribution < -0.4 is 0 Å². The summed E-state index contributed by atoms with van der Waals surface area (Å²) in [4.78, 5) is 0.769. The van der Waals surface area contributed by atoms with Crippen LogP contribution in [0.2, 0.25) is 0 Å². The number of hydrogen-bond donors (Lipinski definition) is 0. The second kappa shape index (κ2) is 4.61. The molecule has 12 heavy (non-hydrogen) atoms. The first-order valence-corrected chi connectivity index (χ1v) is 5.71. The van der Waals surface area contributed by atoms with Gasteiger partial charge in [0.05, 0.1) is 0 Å². The van der Waals surface area contributed by atoms with Gasteiger partial charge >= 0.3 is 0 Å². The Morgan fingerprint density at radius 2 is 2.33 bits per heavy atom. The topological polar surface area (TPSA) is 9.23 Å². The van der Waals surface area contributed by atoms with Gasteiger partial charge in [-0.1, -0.05) is 22.9 Å². The minimum absolute atomic E-state index is 0.590. The van der Waals surface area contributed by atoms with Gasteiger partial charge in [0, 0.05) is 18.5 Å². The normalized spacial score (nSPS) is 35.8. The molecule has 1 fully saturated rings. The van der Waals surface area contributed by atoms with E-state index in [1.165, 1.54) is 32.1 Å². The summed E-state index contributed by atoms with van der Waals surface area (Å²) >= 11 is 3.69. The molecule has 1 nitrogen and oxygen atoms in total. The second-order valence-corrected chi connectivity index (χ2v) is 5.54. The minimum atomic E-state index is 0.590. The lowest BCUT2D eigenvalue weighted by Crippen LogP contribution is -2.12.